The van der Waals surface area contributed by atoms with Gasteiger partial charge in [0.1, 0.15) is 4.90 Å². The summed E-state index contributed by atoms with van der Waals surface area (Å²) in [6, 6.07) is 5.72. The maximum atomic E-state index is 11.3. The number of nitrogens with one attached hydrogen (secondary N) is 1. The average molecular weight is 208 g/mol. The molecule has 70 valence electrons. The highest BCUT2D eigenvalue weighted by Gasteiger charge is 2.32. The van der Waals surface area contributed by atoms with Crippen molar-refractivity contribution in [1.82, 2.24) is 4.72 Å². The summed E-state index contributed by atoms with van der Waals surface area (Å²) < 4.78 is 24.4. The molecule has 0 saturated carbocycles. The van der Waals surface area contributed by atoms with E-state index in [2.05, 4.69) is 0 Å². The standard InChI is InChI=1S/C8H4N2O3S/c9-4-5-1-2-6-7(3-5)14(12,13)10-8(6)11/h1-3H,(H,10,11). The molecule has 0 spiro atoms. The Kier molecular flexibility index (Phi) is 1.59. The van der Waals surface area contributed by atoms with Crippen LogP contribution < -0.4 is 4.72 Å². The van der Waals surface area contributed by atoms with Crippen LogP contribution in [0.1, 0.15) is 15.9 Å². The van der Waals surface area contributed by atoms with Crippen LogP contribution in [0.2, 0.25) is 0 Å². The van der Waals surface area contributed by atoms with Gasteiger partial charge >= 0.3 is 0 Å². The zero-order chi connectivity index (χ0) is 10.3. The van der Waals surface area contributed by atoms with Gasteiger partial charge in [-0.15, -0.1) is 0 Å². The summed E-state index contributed by atoms with van der Waals surface area (Å²) in [6.45, 7) is 0. The molecule has 0 radical (unpaired) electrons. The van der Waals surface area contributed by atoms with Crippen LogP contribution in [0.3, 0.4) is 0 Å². The molecule has 0 aromatic heterocycles. The maximum Gasteiger partial charge on any atom is 0.266 e. The highest BCUT2D eigenvalue weighted by molar-refractivity contribution is 7.90. The first-order valence-corrected chi connectivity index (χ1v) is 5.14. The minimum Gasteiger partial charge on any atom is -0.268 e. The summed E-state index contributed by atoms with van der Waals surface area (Å²) in [7, 11) is -3.74. The van der Waals surface area contributed by atoms with Crippen molar-refractivity contribution in [2.75, 3.05) is 0 Å². The minimum absolute atomic E-state index is 0.0870. The molecule has 14 heavy (non-hydrogen) atoms. The lowest BCUT2D eigenvalue weighted by Gasteiger charge is -1.94. The fourth-order valence-corrected chi connectivity index (χ4v) is 2.43. The molecular weight excluding hydrogens is 204 g/mol. The number of hydrogen-bond acceptors (Lipinski definition) is 4. The fourth-order valence-electron chi connectivity index (χ4n) is 1.23. The zero-order valence-electron chi connectivity index (χ0n) is 6.81. The van der Waals surface area contributed by atoms with Gasteiger partial charge < -0.3 is 0 Å². The average Bonchev–Trinajstić information content (AvgIpc) is 2.37. The second-order valence-electron chi connectivity index (χ2n) is 2.76. The van der Waals surface area contributed by atoms with Crippen molar-refractivity contribution in [1.29, 1.82) is 5.26 Å². The molecule has 1 amide bonds. The van der Waals surface area contributed by atoms with Gasteiger partial charge in [-0.25, -0.2) is 13.1 Å². The summed E-state index contributed by atoms with van der Waals surface area (Å²) in [5.41, 5.74) is 0.299. The van der Waals surface area contributed by atoms with E-state index in [1.54, 1.807) is 6.07 Å². The number of nitriles is 1. The predicted octanol–water partition coefficient (Wildman–Crippen LogP) is -0.00962. The molecule has 0 saturated heterocycles. The van der Waals surface area contributed by atoms with Crippen LogP contribution >= 0.6 is 0 Å². The second-order valence-corrected chi connectivity index (χ2v) is 4.41. The largest absolute Gasteiger partial charge is 0.268 e. The molecule has 1 aliphatic rings. The van der Waals surface area contributed by atoms with E-state index in [1.807, 2.05) is 4.72 Å². The van der Waals surface area contributed by atoms with Crippen LogP contribution in [-0.2, 0) is 10.0 Å². The van der Waals surface area contributed by atoms with Gasteiger partial charge in [0, 0.05) is 0 Å². The van der Waals surface area contributed by atoms with Gasteiger partial charge in [0.25, 0.3) is 15.9 Å². The van der Waals surface area contributed by atoms with Crippen molar-refractivity contribution in [2.24, 2.45) is 0 Å². The summed E-state index contributed by atoms with van der Waals surface area (Å²) in [5, 5.41) is 8.55. The Morgan fingerprint density at radius 2 is 2.07 bits per heavy atom. The number of amides is 1. The highest BCUT2D eigenvalue weighted by atomic mass is 32.2. The number of nitrogens with zero attached hydrogens (tertiary/aromatic N) is 1. The van der Waals surface area contributed by atoms with E-state index in [9.17, 15) is 13.2 Å². The monoisotopic (exact) mass is 208 g/mol. The zero-order valence-corrected chi connectivity index (χ0v) is 7.63. The number of hydrogen-bond donors (Lipinski definition) is 1. The third-order valence-corrected chi connectivity index (χ3v) is 3.24. The van der Waals surface area contributed by atoms with Crippen molar-refractivity contribution < 1.29 is 13.2 Å². The first kappa shape index (κ1) is 8.72. The normalized spacial score (nSPS) is 16.9. The topological polar surface area (TPSA) is 87.0 Å². The SMILES string of the molecule is N#Cc1ccc2c(c1)S(=O)(=O)NC2=O. The second kappa shape index (κ2) is 2.56. The Balaban J connectivity index is 2.79. The van der Waals surface area contributed by atoms with Crippen LogP contribution in [0.5, 0.6) is 0 Å². The van der Waals surface area contributed by atoms with Crippen molar-refractivity contribution in [3.05, 3.63) is 29.3 Å². The maximum absolute atomic E-state index is 11.3. The van der Waals surface area contributed by atoms with Crippen LogP contribution in [-0.4, -0.2) is 14.3 Å². The van der Waals surface area contributed by atoms with E-state index in [0.717, 1.165) is 0 Å². The molecule has 0 atom stereocenters. The molecule has 0 unspecified atom stereocenters. The number of sulfonamides is 1. The Bertz CT molecular complexity index is 569. The summed E-state index contributed by atoms with van der Waals surface area (Å²) in [6.07, 6.45) is 0. The predicted molar refractivity (Wildman–Crippen MR) is 45.8 cm³/mol. The molecule has 5 nitrogen and oxygen atoms in total. The van der Waals surface area contributed by atoms with Gasteiger partial charge in [0.15, 0.2) is 0 Å². The van der Waals surface area contributed by atoms with Crippen molar-refractivity contribution in [2.45, 2.75) is 4.90 Å². The molecular formula is C8H4N2O3S. The lowest BCUT2D eigenvalue weighted by Crippen LogP contribution is -2.20. The Labute approximate surface area is 80.0 Å². The molecule has 1 heterocycles. The van der Waals surface area contributed by atoms with E-state index < -0.39 is 15.9 Å². The van der Waals surface area contributed by atoms with Crippen LogP contribution in [0, 0.1) is 11.3 Å². The smallest absolute Gasteiger partial charge is 0.266 e. The summed E-state index contributed by atoms with van der Waals surface area (Å²) in [5.74, 6) is -0.649. The quantitative estimate of drug-likeness (QED) is 0.649. The Hall–Kier alpha value is -1.87. The van der Waals surface area contributed by atoms with Crippen LogP contribution in [0.4, 0.5) is 0 Å². The van der Waals surface area contributed by atoms with Gasteiger partial charge in [0.2, 0.25) is 0 Å². The lowest BCUT2D eigenvalue weighted by molar-refractivity contribution is 0.0985. The third-order valence-electron chi connectivity index (χ3n) is 1.87. The third kappa shape index (κ3) is 1.07. The van der Waals surface area contributed by atoms with Crippen LogP contribution in [0.15, 0.2) is 23.1 Å². The van der Waals surface area contributed by atoms with Crippen molar-refractivity contribution in [3.63, 3.8) is 0 Å². The lowest BCUT2D eigenvalue weighted by atomic mass is 10.1. The van der Waals surface area contributed by atoms with E-state index in [-0.39, 0.29) is 16.0 Å². The number of rotatable bonds is 0. The van der Waals surface area contributed by atoms with Crippen molar-refractivity contribution >= 4 is 15.9 Å². The fraction of sp³-hybridized carbons (Fsp3) is 0. The highest BCUT2D eigenvalue weighted by Crippen LogP contribution is 2.22. The summed E-state index contributed by atoms with van der Waals surface area (Å²) >= 11 is 0. The van der Waals surface area contributed by atoms with Crippen molar-refractivity contribution in [3.8, 4) is 6.07 Å². The Morgan fingerprint density at radius 1 is 1.36 bits per heavy atom. The van der Waals surface area contributed by atoms with Gasteiger partial charge in [-0.05, 0) is 18.2 Å². The molecule has 6 heteroatoms. The van der Waals surface area contributed by atoms with Gasteiger partial charge in [-0.3, -0.25) is 4.79 Å². The first-order valence-electron chi connectivity index (χ1n) is 3.66. The number of fused-ring (bicyclic) bond motifs is 1. The van der Waals surface area contributed by atoms with Crippen LogP contribution in [0.25, 0.3) is 0 Å². The first-order chi connectivity index (χ1) is 6.54. The van der Waals surface area contributed by atoms with Gasteiger partial charge in [-0.1, -0.05) is 0 Å². The molecule has 1 N–H and O–H groups in total. The van der Waals surface area contributed by atoms with Gasteiger partial charge in [0.05, 0.1) is 17.2 Å². The molecule has 1 aromatic rings. The molecule has 2 rings (SSSR count). The molecule has 0 fully saturated rings. The minimum atomic E-state index is -3.74. The number of benzene rings is 1. The Morgan fingerprint density at radius 3 is 2.71 bits per heavy atom. The molecule has 1 aromatic carbocycles. The van der Waals surface area contributed by atoms with E-state index >= 15 is 0 Å². The van der Waals surface area contributed by atoms with E-state index in [0.29, 0.717) is 0 Å². The molecule has 0 bridgehead atoms. The number of carbonyl (C=O) groups excluding carboxylic acids is 1. The number of carbonyl (C=O) groups is 1. The summed E-state index contributed by atoms with van der Waals surface area (Å²) in [4.78, 5) is 11.0. The molecule has 1 aliphatic heterocycles. The van der Waals surface area contributed by atoms with Gasteiger partial charge in [-0.2, -0.15) is 5.26 Å². The van der Waals surface area contributed by atoms with E-state index in [4.69, 9.17) is 5.26 Å². The van der Waals surface area contributed by atoms with E-state index in [1.165, 1.54) is 18.2 Å². The molecule has 0 aliphatic carbocycles.